The molecule has 0 unspecified atom stereocenters. The molecule has 0 aliphatic heterocycles. The average molecular weight is 297 g/mol. The first-order chi connectivity index (χ1) is 10.3. The Morgan fingerprint density at radius 3 is 2.77 bits per heavy atom. The Morgan fingerprint density at radius 2 is 2.09 bits per heavy atom. The van der Waals surface area contributed by atoms with Gasteiger partial charge in [-0.3, -0.25) is 14.2 Å². The minimum atomic E-state index is -0.883. The lowest BCUT2D eigenvalue weighted by Gasteiger charge is -2.35. The van der Waals surface area contributed by atoms with E-state index in [4.69, 9.17) is 5.73 Å². The summed E-state index contributed by atoms with van der Waals surface area (Å²) >= 11 is 0. The summed E-state index contributed by atoms with van der Waals surface area (Å²) in [5.74, 6) is 0.538. The maximum Gasteiger partial charge on any atom is 0.264 e. The molecule has 1 aromatic carbocycles. The normalized spacial score (nSPS) is 22.3. The molecule has 2 aromatic rings. The largest absolute Gasteiger partial charge is 0.398 e. The number of carbonyl (C=O) groups excluding carboxylic acids is 1. The Bertz CT molecular complexity index is 866. The van der Waals surface area contributed by atoms with Crippen LogP contribution in [0.4, 0.5) is 5.69 Å². The van der Waals surface area contributed by atoms with E-state index in [-0.39, 0.29) is 11.3 Å². The molecule has 0 saturated heterocycles. The molecule has 22 heavy (non-hydrogen) atoms. The first kappa shape index (κ1) is 14.5. The molecule has 1 fully saturated rings. The number of hydrogen-bond acceptors (Lipinski definition) is 4. The fourth-order valence-corrected chi connectivity index (χ4v) is 3.25. The number of aryl methyl sites for hydroxylation is 1. The molecule has 0 amide bonds. The van der Waals surface area contributed by atoms with Gasteiger partial charge in [0.25, 0.3) is 5.56 Å². The van der Waals surface area contributed by atoms with E-state index >= 15 is 0 Å². The van der Waals surface area contributed by atoms with Gasteiger partial charge in [-0.15, -0.1) is 0 Å². The van der Waals surface area contributed by atoms with Crippen molar-refractivity contribution in [2.45, 2.75) is 38.6 Å². The summed E-state index contributed by atoms with van der Waals surface area (Å²) in [5.41, 5.74) is 6.70. The first-order valence-corrected chi connectivity index (χ1v) is 7.33. The van der Waals surface area contributed by atoms with Crippen molar-refractivity contribution in [2.75, 3.05) is 5.73 Å². The molecular weight excluding hydrogens is 278 g/mol. The van der Waals surface area contributed by atoms with E-state index in [9.17, 15) is 9.59 Å². The van der Waals surface area contributed by atoms with Crippen LogP contribution in [-0.4, -0.2) is 15.3 Å². The number of allylic oxidation sites excluding steroid dienone is 1. The zero-order valence-corrected chi connectivity index (χ0v) is 12.8. The third kappa shape index (κ3) is 1.96. The number of nitrogens with two attached hydrogens (primary N) is 1. The highest BCUT2D eigenvalue weighted by Crippen LogP contribution is 2.34. The summed E-state index contributed by atoms with van der Waals surface area (Å²) < 4.78 is 1.51. The van der Waals surface area contributed by atoms with Crippen LogP contribution in [0.3, 0.4) is 0 Å². The molecule has 0 radical (unpaired) electrons. The van der Waals surface area contributed by atoms with Crippen LogP contribution in [-0.2, 0) is 10.3 Å². The van der Waals surface area contributed by atoms with Gasteiger partial charge in [0, 0.05) is 12.1 Å². The van der Waals surface area contributed by atoms with Crippen LogP contribution >= 0.6 is 0 Å². The summed E-state index contributed by atoms with van der Waals surface area (Å²) in [6.45, 7) is 7.45. The monoisotopic (exact) mass is 297 g/mol. The van der Waals surface area contributed by atoms with Crippen LogP contribution in [0, 0.1) is 6.92 Å². The maximum absolute atomic E-state index is 13.0. The third-order valence-corrected chi connectivity index (χ3v) is 4.57. The minimum Gasteiger partial charge on any atom is -0.398 e. The van der Waals surface area contributed by atoms with Gasteiger partial charge in [-0.1, -0.05) is 18.2 Å². The Morgan fingerprint density at radius 1 is 1.36 bits per heavy atom. The molecule has 1 aliphatic carbocycles. The van der Waals surface area contributed by atoms with E-state index in [1.54, 1.807) is 25.1 Å². The fourth-order valence-electron chi connectivity index (χ4n) is 3.25. The SMILES string of the molecule is C=C1CC[C@@](C)(n2c(C)nc3cccc(N)c3c2=O)C(=O)C1. The molecule has 5 heteroatoms. The van der Waals surface area contributed by atoms with Crippen molar-refractivity contribution in [3.05, 3.63) is 46.5 Å². The highest BCUT2D eigenvalue weighted by molar-refractivity contribution is 5.92. The van der Waals surface area contributed by atoms with Gasteiger partial charge in [-0.05, 0) is 38.8 Å². The number of fused-ring (bicyclic) bond motifs is 1. The number of rotatable bonds is 1. The van der Waals surface area contributed by atoms with Gasteiger partial charge in [0.15, 0.2) is 5.78 Å². The van der Waals surface area contributed by atoms with Gasteiger partial charge in [0.1, 0.15) is 11.4 Å². The number of hydrogen-bond donors (Lipinski definition) is 1. The van der Waals surface area contributed by atoms with E-state index in [2.05, 4.69) is 11.6 Å². The summed E-state index contributed by atoms with van der Waals surface area (Å²) in [7, 11) is 0. The Labute approximate surface area is 128 Å². The molecule has 1 aromatic heterocycles. The lowest BCUT2D eigenvalue weighted by molar-refractivity contribution is -0.128. The van der Waals surface area contributed by atoms with Gasteiger partial charge in [-0.2, -0.15) is 0 Å². The molecule has 3 rings (SSSR count). The fraction of sp³-hybridized carbons (Fsp3) is 0.353. The first-order valence-electron chi connectivity index (χ1n) is 7.33. The van der Waals surface area contributed by atoms with Crippen molar-refractivity contribution >= 4 is 22.4 Å². The number of aromatic nitrogens is 2. The Hall–Kier alpha value is -2.43. The average Bonchev–Trinajstić information content (AvgIpc) is 2.43. The van der Waals surface area contributed by atoms with Crippen LogP contribution in [0.25, 0.3) is 10.9 Å². The smallest absolute Gasteiger partial charge is 0.264 e. The summed E-state index contributed by atoms with van der Waals surface area (Å²) in [6, 6.07) is 5.21. The van der Waals surface area contributed by atoms with E-state index in [0.29, 0.717) is 35.3 Å². The predicted molar refractivity (Wildman–Crippen MR) is 86.8 cm³/mol. The number of anilines is 1. The summed E-state index contributed by atoms with van der Waals surface area (Å²) in [6.07, 6.45) is 1.60. The zero-order valence-electron chi connectivity index (χ0n) is 12.8. The van der Waals surface area contributed by atoms with Gasteiger partial charge >= 0.3 is 0 Å². The van der Waals surface area contributed by atoms with Crippen LogP contribution < -0.4 is 11.3 Å². The minimum absolute atomic E-state index is 0.00426. The second kappa shape index (κ2) is 4.80. The van der Waals surface area contributed by atoms with E-state index in [1.807, 2.05) is 6.92 Å². The third-order valence-electron chi connectivity index (χ3n) is 4.57. The van der Waals surface area contributed by atoms with Crippen molar-refractivity contribution in [3.63, 3.8) is 0 Å². The maximum atomic E-state index is 13.0. The molecule has 1 atom stereocenters. The quantitative estimate of drug-likeness (QED) is 0.647. The number of nitrogen functional groups attached to an aromatic ring is 1. The predicted octanol–water partition coefficient (Wildman–Crippen LogP) is 2.31. The van der Waals surface area contributed by atoms with Crippen molar-refractivity contribution < 1.29 is 4.79 Å². The highest BCUT2D eigenvalue weighted by Gasteiger charge is 2.40. The van der Waals surface area contributed by atoms with Gasteiger partial charge in [-0.25, -0.2) is 4.98 Å². The standard InChI is InChI=1S/C17H19N3O2/c1-10-7-8-17(3,14(21)9-10)20-11(2)19-13-6-4-5-12(18)15(13)16(20)22/h4-6H,1,7-9,18H2,2-3H3/t17-/m1/s1. The van der Waals surface area contributed by atoms with E-state index in [1.165, 1.54) is 4.57 Å². The second-order valence-corrected chi connectivity index (χ2v) is 6.16. The highest BCUT2D eigenvalue weighted by atomic mass is 16.1. The van der Waals surface area contributed by atoms with E-state index < -0.39 is 5.54 Å². The van der Waals surface area contributed by atoms with Crippen molar-refractivity contribution in [3.8, 4) is 0 Å². The second-order valence-electron chi connectivity index (χ2n) is 6.16. The molecule has 1 saturated carbocycles. The Balaban J connectivity index is 2.32. The number of ketones is 1. The summed E-state index contributed by atoms with van der Waals surface area (Å²) in [4.78, 5) is 30.0. The van der Waals surface area contributed by atoms with Crippen molar-refractivity contribution in [2.24, 2.45) is 0 Å². The van der Waals surface area contributed by atoms with Gasteiger partial charge in [0.2, 0.25) is 0 Å². The molecule has 2 N–H and O–H groups in total. The van der Waals surface area contributed by atoms with Crippen LogP contribution in [0.2, 0.25) is 0 Å². The molecule has 1 aliphatic rings. The molecule has 114 valence electrons. The topological polar surface area (TPSA) is 78.0 Å². The van der Waals surface area contributed by atoms with E-state index in [0.717, 1.165) is 12.0 Å². The molecule has 5 nitrogen and oxygen atoms in total. The van der Waals surface area contributed by atoms with Crippen LogP contribution in [0.5, 0.6) is 0 Å². The lowest BCUT2D eigenvalue weighted by Crippen LogP contribution is -2.48. The molecule has 1 heterocycles. The zero-order chi connectivity index (χ0) is 16.1. The lowest BCUT2D eigenvalue weighted by atomic mass is 9.79. The van der Waals surface area contributed by atoms with Gasteiger partial charge < -0.3 is 5.73 Å². The number of Topliss-reactive ketones (excluding diaryl/α,β-unsaturated/α-hetero) is 1. The molecule has 0 spiro atoms. The summed E-state index contributed by atoms with van der Waals surface area (Å²) in [5, 5.41) is 0.381. The van der Waals surface area contributed by atoms with Gasteiger partial charge in [0.05, 0.1) is 10.9 Å². The number of nitrogens with zero attached hydrogens (tertiary/aromatic N) is 2. The molecular formula is C17H19N3O2. The van der Waals surface area contributed by atoms with Crippen molar-refractivity contribution in [1.29, 1.82) is 0 Å². The Kier molecular flexibility index (Phi) is 3.16. The number of benzene rings is 1. The van der Waals surface area contributed by atoms with Crippen molar-refractivity contribution in [1.82, 2.24) is 9.55 Å². The van der Waals surface area contributed by atoms with Crippen LogP contribution in [0.1, 0.15) is 32.0 Å². The molecule has 0 bridgehead atoms. The number of carbonyl (C=O) groups is 1. The van der Waals surface area contributed by atoms with Crippen LogP contribution in [0.15, 0.2) is 35.1 Å².